The molecule has 2 aliphatic rings. The molecule has 2 saturated heterocycles. The Morgan fingerprint density at radius 1 is 1.58 bits per heavy atom. The molecule has 0 aromatic rings. The van der Waals surface area contributed by atoms with Crippen molar-refractivity contribution < 1.29 is 9.47 Å². The van der Waals surface area contributed by atoms with E-state index < -0.39 is 0 Å². The molecule has 0 N–H and O–H groups in total. The quantitative estimate of drug-likeness (QED) is 0.535. The lowest BCUT2D eigenvalue weighted by Crippen LogP contribution is -2.25. The number of ether oxygens (including phenoxy) is 2. The zero-order chi connectivity index (χ0) is 13.8. The molecule has 0 saturated carbocycles. The van der Waals surface area contributed by atoms with Crippen LogP contribution in [-0.2, 0) is 9.47 Å². The van der Waals surface area contributed by atoms with Crippen molar-refractivity contribution in [3.63, 3.8) is 0 Å². The first kappa shape index (κ1) is 15.2. The Kier molecular flexibility index (Phi) is 5.56. The van der Waals surface area contributed by atoms with Gasteiger partial charge in [-0.2, -0.15) is 0 Å². The molecule has 0 spiro atoms. The van der Waals surface area contributed by atoms with E-state index >= 15 is 0 Å². The monoisotopic (exact) mass is 388 g/mol. The molecule has 2 aliphatic heterocycles. The lowest BCUT2D eigenvalue weighted by atomic mass is 10.1. The van der Waals surface area contributed by atoms with Crippen LogP contribution >= 0.6 is 31.9 Å². The first-order valence-electron chi connectivity index (χ1n) is 6.58. The van der Waals surface area contributed by atoms with Gasteiger partial charge in [0.1, 0.15) is 22.8 Å². The minimum Gasteiger partial charge on any atom is -0.491 e. The lowest BCUT2D eigenvalue weighted by molar-refractivity contribution is 0.0416. The first-order valence-corrected chi connectivity index (χ1v) is 8.42. The van der Waals surface area contributed by atoms with Crippen molar-refractivity contribution in [2.45, 2.75) is 54.2 Å². The van der Waals surface area contributed by atoms with Crippen molar-refractivity contribution in [2.24, 2.45) is 0 Å². The zero-order valence-corrected chi connectivity index (χ0v) is 14.1. The maximum Gasteiger partial charge on any atom is 0.128 e. The van der Waals surface area contributed by atoms with Crippen LogP contribution in [0.1, 0.15) is 26.2 Å². The third-order valence-electron chi connectivity index (χ3n) is 3.47. The maximum atomic E-state index is 6.10. The summed E-state index contributed by atoms with van der Waals surface area (Å²) < 4.78 is 12.1. The van der Waals surface area contributed by atoms with Gasteiger partial charge in [-0.05, 0) is 25.0 Å². The topological polar surface area (TPSA) is 18.5 Å². The fourth-order valence-corrected chi connectivity index (χ4v) is 3.56. The van der Waals surface area contributed by atoms with E-state index in [-0.39, 0.29) is 23.1 Å². The highest BCUT2D eigenvalue weighted by molar-refractivity contribution is 9.09. The van der Waals surface area contributed by atoms with Crippen LogP contribution in [0.15, 0.2) is 24.0 Å². The molecule has 4 heteroatoms. The average molecular weight is 390 g/mol. The van der Waals surface area contributed by atoms with E-state index in [1.807, 2.05) is 6.08 Å². The van der Waals surface area contributed by atoms with E-state index in [2.05, 4.69) is 50.8 Å². The molecular formula is C15H18Br2O2. The fourth-order valence-electron chi connectivity index (χ4n) is 2.46. The highest BCUT2D eigenvalue weighted by Gasteiger charge is 2.49. The Balaban J connectivity index is 1.93. The predicted molar refractivity (Wildman–Crippen MR) is 84.5 cm³/mol. The van der Waals surface area contributed by atoms with Gasteiger partial charge < -0.3 is 9.47 Å². The third kappa shape index (κ3) is 3.45. The summed E-state index contributed by atoms with van der Waals surface area (Å²) in [5.41, 5.74) is 0. The molecular weight excluding hydrogens is 372 g/mol. The van der Waals surface area contributed by atoms with Crippen LogP contribution in [0.5, 0.6) is 0 Å². The van der Waals surface area contributed by atoms with Gasteiger partial charge >= 0.3 is 0 Å². The Labute approximate surface area is 131 Å². The van der Waals surface area contributed by atoms with Crippen LogP contribution in [0.4, 0.5) is 0 Å². The number of halogens is 2. The van der Waals surface area contributed by atoms with E-state index in [1.165, 1.54) is 0 Å². The number of hydrogen-bond acceptors (Lipinski definition) is 2. The molecule has 19 heavy (non-hydrogen) atoms. The largest absolute Gasteiger partial charge is 0.491 e. The average Bonchev–Trinajstić information content (AvgIpc) is 2.95. The zero-order valence-electron chi connectivity index (χ0n) is 10.9. The van der Waals surface area contributed by atoms with Gasteiger partial charge in [0.25, 0.3) is 0 Å². The summed E-state index contributed by atoms with van der Waals surface area (Å²) in [7, 11) is 0. The van der Waals surface area contributed by atoms with Gasteiger partial charge in [-0.15, -0.1) is 6.42 Å². The second-order valence-electron chi connectivity index (χ2n) is 4.77. The molecule has 0 unspecified atom stereocenters. The van der Waals surface area contributed by atoms with Crippen LogP contribution in [-0.4, -0.2) is 28.0 Å². The SMILES string of the molecule is C#C/C=C\C/C=C1/O[C@H]2C[C@@H]([C@H](Br)CC)O[C@H]2[C@@H]1Br. The summed E-state index contributed by atoms with van der Waals surface area (Å²) in [6, 6.07) is 0. The number of hydrogen-bond donors (Lipinski definition) is 0. The number of alkyl halides is 2. The predicted octanol–water partition coefficient (Wildman–Crippen LogP) is 3.94. The lowest BCUT2D eigenvalue weighted by Gasteiger charge is -2.18. The summed E-state index contributed by atoms with van der Waals surface area (Å²) in [5.74, 6) is 3.45. The van der Waals surface area contributed by atoms with Crippen molar-refractivity contribution in [3.05, 3.63) is 24.0 Å². The molecule has 5 atom stereocenters. The molecule has 0 aromatic heterocycles. The minimum atomic E-state index is 0.125. The molecule has 2 heterocycles. The standard InChI is InChI=1S/C15H18Br2O2/c1-3-5-6-7-8-11-14(17)15-13(18-11)9-12(19-15)10(16)4-2/h1,5-6,8,10,12-15H,4,7,9H2,2H3/b6-5-,11-8+/t10-,12+,13+,14-,15-/m1/s1. The van der Waals surface area contributed by atoms with Crippen LogP contribution in [0, 0.1) is 12.3 Å². The summed E-state index contributed by atoms with van der Waals surface area (Å²) >= 11 is 7.35. The maximum absolute atomic E-state index is 6.10. The highest BCUT2D eigenvalue weighted by Crippen LogP contribution is 2.42. The third-order valence-corrected chi connectivity index (χ3v) is 5.68. The smallest absolute Gasteiger partial charge is 0.128 e. The number of allylic oxidation sites excluding steroid dienone is 3. The molecule has 104 valence electrons. The van der Waals surface area contributed by atoms with Crippen LogP contribution in [0.2, 0.25) is 0 Å². The van der Waals surface area contributed by atoms with E-state index in [9.17, 15) is 0 Å². The van der Waals surface area contributed by atoms with Crippen LogP contribution in [0.3, 0.4) is 0 Å². The highest BCUT2D eigenvalue weighted by atomic mass is 79.9. The summed E-state index contributed by atoms with van der Waals surface area (Å²) in [5, 5.41) is 0. The number of fused-ring (bicyclic) bond motifs is 1. The van der Waals surface area contributed by atoms with Gasteiger partial charge in [0.15, 0.2) is 0 Å². The van der Waals surface area contributed by atoms with Crippen molar-refractivity contribution in [3.8, 4) is 12.3 Å². The van der Waals surface area contributed by atoms with Gasteiger partial charge in [-0.1, -0.05) is 50.8 Å². The van der Waals surface area contributed by atoms with Crippen molar-refractivity contribution >= 4 is 31.9 Å². The molecule has 2 nitrogen and oxygen atoms in total. The normalized spacial score (nSPS) is 37.3. The Morgan fingerprint density at radius 2 is 2.37 bits per heavy atom. The van der Waals surface area contributed by atoms with Gasteiger partial charge in [0.05, 0.1) is 6.10 Å². The molecule has 0 aliphatic carbocycles. The number of terminal acetylenes is 1. The van der Waals surface area contributed by atoms with E-state index in [0.29, 0.717) is 4.83 Å². The summed E-state index contributed by atoms with van der Waals surface area (Å²) in [6.45, 7) is 2.16. The Morgan fingerprint density at radius 3 is 3.00 bits per heavy atom. The fraction of sp³-hybridized carbons (Fsp3) is 0.600. The summed E-state index contributed by atoms with van der Waals surface area (Å²) in [4.78, 5) is 0.561. The molecule has 0 aromatic carbocycles. The van der Waals surface area contributed by atoms with Crippen LogP contribution < -0.4 is 0 Å². The Hall–Kier alpha value is -0.240. The van der Waals surface area contributed by atoms with Crippen LogP contribution in [0.25, 0.3) is 0 Å². The Bertz CT molecular complexity index is 411. The van der Waals surface area contributed by atoms with E-state index in [4.69, 9.17) is 15.9 Å². The molecule has 2 fully saturated rings. The van der Waals surface area contributed by atoms with Crippen molar-refractivity contribution in [1.82, 2.24) is 0 Å². The van der Waals surface area contributed by atoms with E-state index in [1.54, 1.807) is 6.08 Å². The molecule has 0 amide bonds. The first-order chi connectivity index (χ1) is 9.17. The van der Waals surface area contributed by atoms with Crippen molar-refractivity contribution in [1.29, 1.82) is 0 Å². The second-order valence-corrected chi connectivity index (χ2v) is 6.93. The molecule has 0 radical (unpaired) electrons. The van der Waals surface area contributed by atoms with Gasteiger partial charge in [-0.25, -0.2) is 0 Å². The summed E-state index contributed by atoms with van der Waals surface area (Å²) in [6.07, 6.45) is 14.2. The van der Waals surface area contributed by atoms with Gasteiger partial charge in [0.2, 0.25) is 0 Å². The second kappa shape index (κ2) is 6.97. The minimum absolute atomic E-state index is 0.125. The molecule has 0 bridgehead atoms. The van der Waals surface area contributed by atoms with Crippen molar-refractivity contribution in [2.75, 3.05) is 0 Å². The van der Waals surface area contributed by atoms with E-state index in [0.717, 1.165) is 25.0 Å². The molecule has 2 rings (SSSR count). The number of rotatable bonds is 4. The van der Waals surface area contributed by atoms with Gasteiger partial charge in [0, 0.05) is 11.2 Å². The van der Waals surface area contributed by atoms with Gasteiger partial charge in [-0.3, -0.25) is 0 Å².